The third-order valence-corrected chi connectivity index (χ3v) is 4.99. The van der Waals surface area contributed by atoms with Crippen LogP contribution in [0.4, 0.5) is 0 Å². The van der Waals surface area contributed by atoms with E-state index < -0.39 is 0 Å². The first kappa shape index (κ1) is 17.0. The number of hydrogen-bond acceptors (Lipinski definition) is 3. The summed E-state index contributed by atoms with van der Waals surface area (Å²) in [5.41, 5.74) is 7.23. The minimum atomic E-state index is -0.0909. The van der Waals surface area contributed by atoms with E-state index in [4.69, 9.17) is 33.7 Å². The Bertz CT molecular complexity index is 470. The van der Waals surface area contributed by atoms with E-state index in [9.17, 15) is 0 Å². The first-order chi connectivity index (χ1) is 10.0. The molecule has 1 saturated heterocycles. The van der Waals surface area contributed by atoms with Crippen LogP contribution in [0.25, 0.3) is 0 Å². The van der Waals surface area contributed by atoms with Crippen LogP contribution < -0.4 is 5.73 Å². The fraction of sp³-hybridized carbons (Fsp3) is 0.625. The van der Waals surface area contributed by atoms with Crippen molar-refractivity contribution in [3.05, 3.63) is 33.8 Å². The molecule has 0 amide bonds. The molecule has 2 rings (SSSR count). The highest BCUT2D eigenvalue weighted by Gasteiger charge is 2.25. The van der Waals surface area contributed by atoms with E-state index in [1.165, 1.54) is 0 Å². The Kier molecular flexibility index (Phi) is 6.33. The molecule has 0 bridgehead atoms. The highest BCUT2D eigenvalue weighted by atomic mass is 35.5. The lowest BCUT2D eigenvalue weighted by Gasteiger charge is -2.38. The molecule has 21 heavy (non-hydrogen) atoms. The van der Waals surface area contributed by atoms with E-state index in [0.29, 0.717) is 22.2 Å². The molecule has 1 heterocycles. The molecule has 1 fully saturated rings. The normalized spacial score (nSPS) is 25.0. The quantitative estimate of drug-likeness (QED) is 0.890. The number of morpholine rings is 1. The molecule has 3 nitrogen and oxygen atoms in total. The first-order valence-electron chi connectivity index (χ1n) is 7.58. The van der Waals surface area contributed by atoms with Gasteiger partial charge in [0.25, 0.3) is 0 Å². The number of hydrogen-bond donors (Lipinski definition) is 1. The average molecular weight is 331 g/mol. The van der Waals surface area contributed by atoms with Crippen LogP contribution in [0.3, 0.4) is 0 Å². The lowest BCUT2D eigenvalue weighted by Crippen LogP contribution is -2.49. The summed E-state index contributed by atoms with van der Waals surface area (Å²) in [5.74, 6) is 0. The zero-order chi connectivity index (χ0) is 15.4. The van der Waals surface area contributed by atoms with Gasteiger partial charge < -0.3 is 10.5 Å². The minimum absolute atomic E-state index is 0.0909. The summed E-state index contributed by atoms with van der Waals surface area (Å²) in [7, 11) is 0. The van der Waals surface area contributed by atoms with Crippen molar-refractivity contribution in [3.8, 4) is 0 Å². The van der Waals surface area contributed by atoms with Crippen LogP contribution in [0, 0.1) is 0 Å². The van der Waals surface area contributed by atoms with Gasteiger partial charge in [-0.2, -0.15) is 0 Å². The number of nitrogens with two attached hydrogens (primary N) is 1. The average Bonchev–Trinajstić information content (AvgIpc) is 2.47. The molecule has 3 atom stereocenters. The van der Waals surface area contributed by atoms with Gasteiger partial charge in [0.15, 0.2) is 0 Å². The van der Waals surface area contributed by atoms with Gasteiger partial charge in [0.2, 0.25) is 0 Å². The summed E-state index contributed by atoms with van der Waals surface area (Å²) in [5, 5.41) is 1.14. The summed E-state index contributed by atoms with van der Waals surface area (Å²) in [6, 6.07) is 6.04. The molecule has 3 unspecified atom stereocenters. The molecule has 0 spiro atoms. The van der Waals surface area contributed by atoms with Crippen molar-refractivity contribution < 1.29 is 4.74 Å². The Hall–Kier alpha value is -0.320. The largest absolute Gasteiger partial charge is 0.376 e. The second kappa shape index (κ2) is 7.80. The molecule has 0 radical (unpaired) electrons. The van der Waals surface area contributed by atoms with Crippen molar-refractivity contribution in [1.29, 1.82) is 0 Å². The lowest BCUT2D eigenvalue weighted by molar-refractivity contribution is -0.0564. The van der Waals surface area contributed by atoms with Crippen LogP contribution >= 0.6 is 23.2 Å². The molecule has 1 aliphatic heterocycles. The van der Waals surface area contributed by atoms with Gasteiger partial charge in [0.1, 0.15) is 0 Å². The van der Waals surface area contributed by atoms with Gasteiger partial charge in [0, 0.05) is 25.2 Å². The zero-order valence-electron chi connectivity index (χ0n) is 12.7. The van der Waals surface area contributed by atoms with Crippen LogP contribution in [0.2, 0.25) is 10.0 Å². The number of halogens is 2. The second-order valence-electron chi connectivity index (χ2n) is 5.74. The molecule has 5 heteroatoms. The smallest absolute Gasteiger partial charge is 0.0674 e. The van der Waals surface area contributed by atoms with Gasteiger partial charge >= 0.3 is 0 Å². The Labute approximate surface area is 137 Å². The van der Waals surface area contributed by atoms with Gasteiger partial charge in [-0.05, 0) is 31.4 Å². The molecule has 1 aliphatic rings. The van der Waals surface area contributed by atoms with E-state index in [-0.39, 0.29) is 6.04 Å². The minimum Gasteiger partial charge on any atom is -0.376 e. The van der Waals surface area contributed by atoms with E-state index in [0.717, 1.165) is 38.1 Å². The maximum absolute atomic E-state index is 6.30. The Morgan fingerprint density at radius 2 is 2.19 bits per heavy atom. The number of benzene rings is 1. The first-order valence-corrected chi connectivity index (χ1v) is 8.33. The Morgan fingerprint density at radius 3 is 2.90 bits per heavy atom. The van der Waals surface area contributed by atoms with Crippen LogP contribution in [-0.4, -0.2) is 36.7 Å². The van der Waals surface area contributed by atoms with Crippen molar-refractivity contribution >= 4 is 23.2 Å². The van der Waals surface area contributed by atoms with Gasteiger partial charge in [-0.15, -0.1) is 0 Å². The topological polar surface area (TPSA) is 38.5 Å². The van der Waals surface area contributed by atoms with E-state index >= 15 is 0 Å². The van der Waals surface area contributed by atoms with E-state index in [1.54, 1.807) is 6.07 Å². The van der Waals surface area contributed by atoms with Gasteiger partial charge in [0.05, 0.1) is 22.8 Å². The predicted octanol–water partition coefficient (Wildman–Crippen LogP) is 3.88. The SMILES string of the molecule is CCC1COC(C)CN1CCC(N)c1cccc(Cl)c1Cl. The number of ether oxygens (including phenoxy) is 1. The van der Waals surface area contributed by atoms with Crippen molar-refractivity contribution in [3.63, 3.8) is 0 Å². The van der Waals surface area contributed by atoms with Crippen LogP contribution in [0.15, 0.2) is 18.2 Å². The summed E-state index contributed by atoms with van der Waals surface area (Å²) >= 11 is 12.3. The molecule has 0 aromatic heterocycles. The number of nitrogens with zero attached hydrogens (tertiary/aromatic N) is 1. The standard InChI is InChI=1S/C16H24Cl2N2O/c1-3-12-10-21-11(2)9-20(12)8-7-15(19)13-5-4-6-14(17)16(13)18/h4-6,11-12,15H,3,7-10,19H2,1-2H3. The third kappa shape index (κ3) is 4.33. The molecule has 0 aliphatic carbocycles. The van der Waals surface area contributed by atoms with Crippen LogP contribution in [-0.2, 0) is 4.74 Å². The summed E-state index contributed by atoms with van der Waals surface area (Å²) in [4.78, 5) is 2.48. The molecule has 0 saturated carbocycles. The van der Waals surface area contributed by atoms with Crippen LogP contribution in [0.5, 0.6) is 0 Å². The molecule has 118 valence electrons. The van der Waals surface area contributed by atoms with Gasteiger partial charge in [-0.25, -0.2) is 0 Å². The Balaban J connectivity index is 1.96. The van der Waals surface area contributed by atoms with Crippen molar-refractivity contribution in [2.24, 2.45) is 5.73 Å². The molecule has 2 N–H and O–H groups in total. The van der Waals surface area contributed by atoms with Gasteiger partial charge in [-0.1, -0.05) is 42.3 Å². The zero-order valence-corrected chi connectivity index (χ0v) is 14.2. The monoisotopic (exact) mass is 330 g/mol. The molecular weight excluding hydrogens is 307 g/mol. The maximum Gasteiger partial charge on any atom is 0.0674 e. The van der Waals surface area contributed by atoms with Crippen LogP contribution in [0.1, 0.15) is 38.3 Å². The van der Waals surface area contributed by atoms with Crippen molar-refractivity contribution in [1.82, 2.24) is 4.90 Å². The summed E-state index contributed by atoms with van der Waals surface area (Å²) in [6.07, 6.45) is 2.25. The van der Waals surface area contributed by atoms with Crippen molar-refractivity contribution in [2.75, 3.05) is 19.7 Å². The molecule has 1 aromatic rings. The fourth-order valence-electron chi connectivity index (χ4n) is 2.83. The molecule has 1 aromatic carbocycles. The molecular formula is C16H24Cl2N2O. The van der Waals surface area contributed by atoms with Gasteiger partial charge in [-0.3, -0.25) is 4.90 Å². The third-order valence-electron chi connectivity index (χ3n) is 4.16. The van der Waals surface area contributed by atoms with Crippen molar-refractivity contribution in [2.45, 2.75) is 44.9 Å². The fourth-order valence-corrected chi connectivity index (χ4v) is 3.28. The number of rotatable bonds is 5. The summed E-state index contributed by atoms with van der Waals surface area (Å²) in [6.45, 7) is 7.05. The van der Waals surface area contributed by atoms with E-state index in [1.807, 2.05) is 12.1 Å². The lowest BCUT2D eigenvalue weighted by atomic mass is 10.0. The van der Waals surface area contributed by atoms with E-state index in [2.05, 4.69) is 18.7 Å². The maximum atomic E-state index is 6.30. The summed E-state index contributed by atoms with van der Waals surface area (Å²) < 4.78 is 5.73. The highest BCUT2D eigenvalue weighted by molar-refractivity contribution is 6.42. The second-order valence-corrected chi connectivity index (χ2v) is 6.52. The Morgan fingerprint density at radius 1 is 1.43 bits per heavy atom. The predicted molar refractivity (Wildman–Crippen MR) is 89.1 cm³/mol. The highest BCUT2D eigenvalue weighted by Crippen LogP contribution is 2.30.